The number of carbonyl (C=O) groups excluding carboxylic acids is 2. The van der Waals surface area contributed by atoms with Crippen molar-refractivity contribution in [2.24, 2.45) is 0 Å². The predicted molar refractivity (Wildman–Crippen MR) is 110 cm³/mol. The quantitative estimate of drug-likeness (QED) is 0.884. The van der Waals surface area contributed by atoms with E-state index in [1.807, 2.05) is 48.5 Å². The van der Waals surface area contributed by atoms with Crippen molar-refractivity contribution in [3.63, 3.8) is 0 Å². The zero-order chi connectivity index (χ0) is 19.3. The fraction of sp³-hybridized carbons (Fsp3) is 0.364. The van der Waals surface area contributed by atoms with Crippen LogP contribution in [0.25, 0.3) is 0 Å². The third kappa shape index (κ3) is 3.96. The van der Waals surface area contributed by atoms with Gasteiger partial charge in [0.25, 0.3) is 0 Å². The van der Waals surface area contributed by atoms with E-state index in [0.717, 1.165) is 24.5 Å². The molecule has 2 aromatic rings. The third-order valence-corrected chi connectivity index (χ3v) is 5.21. The number of benzene rings is 2. The van der Waals surface area contributed by atoms with Crippen LogP contribution in [0.1, 0.15) is 25.7 Å². The van der Waals surface area contributed by atoms with Gasteiger partial charge in [0.1, 0.15) is 12.3 Å². The van der Waals surface area contributed by atoms with Crippen molar-refractivity contribution in [1.29, 1.82) is 0 Å². The van der Waals surface area contributed by atoms with Crippen LogP contribution < -0.4 is 19.9 Å². The molecule has 2 aromatic carbocycles. The molecule has 0 atom stereocenters. The van der Waals surface area contributed by atoms with E-state index in [1.165, 1.54) is 24.2 Å². The molecule has 2 amide bonds. The SMILES string of the molecule is O=C(CN1C(=O)CCOc2ccccc21)Nc1ccccc1N1CCCCC1. The van der Waals surface area contributed by atoms with Gasteiger partial charge in [-0.05, 0) is 43.5 Å². The van der Waals surface area contributed by atoms with Gasteiger partial charge in [-0.2, -0.15) is 0 Å². The first-order chi connectivity index (χ1) is 13.7. The first-order valence-electron chi connectivity index (χ1n) is 9.88. The molecule has 0 saturated carbocycles. The van der Waals surface area contributed by atoms with Gasteiger partial charge in [-0.1, -0.05) is 24.3 Å². The number of rotatable bonds is 4. The second-order valence-corrected chi connectivity index (χ2v) is 7.16. The number of amides is 2. The van der Waals surface area contributed by atoms with Crippen LogP contribution in [0.3, 0.4) is 0 Å². The normalized spacial score (nSPS) is 16.8. The van der Waals surface area contributed by atoms with Gasteiger partial charge in [0, 0.05) is 13.1 Å². The van der Waals surface area contributed by atoms with Crippen molar-refractivity contribution in [1.82, 2.24) is 0 Å². The summed E-state index contributed by atoms with van der Waals surface area (Å²) >= 11 is 0. The summed E-state index contributed by atoms with van der Waals surface area (Å²) in [5.74, 6) is 0.314. The number of fused-ring (bicyclic) bond motifs is 1. The average Bonchev–Trinajstić information content (AvgIpc) is 2.88. The number of ether oxygens (including phenoxy) is 1. The minimum absolute atomic E-state index is 0.0342. The van der Waals surface area contributed by atoms with Crippen LogP contribution >= 0.6 is 0 Å². The molecule has 28 heavy (non-hydrogen) atoms. The maximum atomic E-state index is 12.8. The largest absolute Gasteiger partial charge is 0.491 e. The highest BCUT2D eigenvalue weighted by molar-refractivity contribution is 6.04. The Morgan fingerprint density at radius 2 is 1.68 bits per heavy atom. The number of anilines is 3. The Kier molecular flexibility index (Phi) is 5.46. The molecule has 6 heteroatoms. The topological polar surface area (TPSA) is 61.9 Å². The molecule has 0 radical (unpaired) electrons. The number of para-hydroxylation sites is 4. The van der Waals surface area contributed by atoms with E-state index in [9.17, 15) is 9.59 Å². The summed E-state index contributed by atoms with van der Waals surface area (Å²) in [7, 11) is 0. The number of nitrogens with zero attached hydrogens (tertiary/aromatic N) is 2. The van der Waals surface area contributed by atoms with Crippen LogP contribution in [0.15, 0.2) is 48.5 Å². The fourth-order valence-corrected chi connectivity index (χ4v) is 3.82. The molecule has 1 saturated heterocycles. The van der Waals surface area contributed by atoms with Crippen LogP contribution in [0.2, 0.25) is 0 Å². The molecule has 0 bridgehead atoms. The van der Waals surface area contributed by atoms with Crippen molar-refractivity contribution >= 4 is 28.9 Å². The van der Waals surface area contributed by atoms with Gasteiger partial charge in [0.05, 0.1) is 30.1 Å². The summed E-state index contributed by atoms with van der Waals surface area (Å²) in [6, 6.07) is 15.2. The fourth-order valence-electron chi connectivity index (χ4n) is 3.82. The summed E-state index contributed by atoms with van der Waals surface area (Å²) in [4.78, 5) is 29.2. The number of hydrogen-bond donors (Lipinski definition) is 1. The molecule has 2 heterocycles. The lowest BCUT2D eigenvalue weighted by Gasteiger charge is -2.30. The smallest absolute Gasteiger partial charge is 0.244 e. The van der Waals surface area contributed by atoms with E-state index in [1.54, 1.807) is 0 Å². The predicted octanol–water partition coefficient (Wildman–Crippen LogP) is 3.43. The Morgan fingerprint density at radius 3 is 2.50 bits per heavy atom. The van der Waals surface area contributed by atoms with Gasteiger partial charge >= 0.3 is 0 Å². The van der Waals surface area contributed by atoms with E-state index in [4.69, 9.17) is 4.74 Å². The van der Waals surface area contributed by atoms with Gasteiger partial charge in [0.2, 0.25) is 11.8 Å². The van der Waals surface area contributed by atoms with E-state index in [-0.39, 0.29) is 24.8 Å². The highest BCUT2D eigenvalue weighted by Gasteiger charge is 2.25. The zero-order valence-electron chi connectivity index (χ0n) is 15.9. The van der Waals surface area contributed by atoms with Crippen molar-refractivity contribution in [3.8, 4) is 5.75 Å². The second-order valence-electron chi connectivity index (χ2n) is 7.16. The van der Waals surface area contributed by atoms with Gasteiger partial charge in [0.15, 0.2) is 0 Å². The molecule has 6 nitrogen and oxygen atoms in total. The van der Waals surface area contributed by atoms with E-state index in [0.29, 0.717) is 18.0 Å². The van der Waals surface area contributed by atoms with Crippen LogP contribution in [0.4, 0.5) is 17.1 Å². The van der Waals surface area contributed by atoms with Crippen LogP contribution in [0.5, 0.6) is 5.75 Å². The van der Waals surface area contributed by atoms with Crippen LogP contribution in [-0.4, -0.2) is 38.1 Å². The van der Waals surface area contributed by atoms with Crippen LogP contribution in [-0.2, 0) is 9.59 Å². The number of piperidine rings is 1. The standard InChI is InChI=1S/C22H25N3O3/c26-21(16-25-19-10-4-5-11-20(19)28-15-12-22(25)27)23-17-8-2-3-9-18(17)24-13-6-1-7-14-24/h2-5,8-11H,1,6-7,12-16H2,(H,23,26). The number of hydrogen-bond acceptors (Lipinski definition) is 4. The maximum Gasteiger partial charge on any atom is 0.244 e. The second kappa shape index (κ2) is 8.33. The minimum atomic E-state index is -0.213. The van der Waals surface area contributed by atoms with E-state index in [2.05, 4.69) is 10.2 Å². The highest BCUT2D eigenvalue weighted by Crippen LogP contribution is 2.31. The van der Waals surface area contributed by atoms with Crippen molar-refractivity contribution in [3.05, 3.63) is 48.5 Å². The Balaban J connectivity index is 1.51. The van der Waals surface area contributed by atoms with E-state index < -0.39 is 0 Å². The lowest BCUT2D eigenvalue weighted by molar-refractivity contribution is -0.121. The lowest BCUT2D eigenvalue weighted by Crippen LogP contribution is -2.38. The van der Waals surface area contributed by atoms with Gasteiger partial charge < -0.3 is 15.0 Å². The molecule has 146 valence electrons. The molecule has 1 N–H and O–H groups in total. The van der Waals surface area contributed by atoms with Crippen LogP contribution in [0, 0.1) is 0 Å². The minimum Gasteiger partial charge on any atom is -0.491 e. The lowest BCUT2D eigenvalue weighted by atomic mass is 10.1. The Morgan fingerprint density at radius 1 is 0.964 bits per heavy atom. The molecule has 2 aliphatic heterocycles. The molecule has 0 aromatic heterocycles. The van der Waals surface area contributed by atoms with Crippen molar-refractivity contribution in [2.45, 2.75) is 25.7 Å². The Labute approximate surface area is 165 Å². The first kappa shape index (κ1) is 18.3. The molecule has 4 rings (SSSR count). The molecular formula is C22H25N3O3. The van der Waals surface area contributed by atoms with Gasteiger partial charge in [-0.3, -0.25) is 14.5 Å². The highest BCUT2D eigenvalue weighted by atomic mass is 16.5. The summed E-state index contributed by atoms with van der Waals surface area (Å²) < 4.78 is 5.65. The summed E-state index contributed by atoms with van der Waals surface area (Å²) in [6.07, 6.45) is 3.85. The molecule has 0 spiro atoms. The number of carbonyl (C=O) groups is 2. The van der Waals surface area contributed by atoms with E-state index >= 15 is 0 Å². The molecule has 0 unspecified atom stereocenters. The third-order valence-electron chi connectivity index (χ3n) is 5.21. The van der Waals surface area contributed by atoms with Gasteiger partial charge in [-0.25, -0.2) is 0 Å². The first-order valence-corrected chi connectivity index (χ1v) is 9.88. The Hall–Kier alpha value is -3.02. The van der Waals surface area contributed by atoms with Crippen molar-refractivity contribution in [2.75, 3.05) is 41.4 Å². The monoisotopic (exact) mass is 379 g/mol. The Bertz CT molecular complexity index is 862. The molecule has 1 fully saturated rings. The zero-order valence-corrected chi connectivity index (χ0v) is 15.9. The van der Waals surface area contributed by atoms with Crippen molar-refractivity contribution < 1.29 is 14.3 Å². The number of nitrogens with one attached hydrogen (secondary N) is 1. The summed E-state index contributed by atoms with van der Waals surface area (Å²) in [5, 5.41) is 3.01. The molecule has 2 aliphatic rings. The molecule has 0 aliphatic carbocycles. The maximum absolute atomic E-state index is 12.8. The van der Waals surface area contributed by atoms with Gasteiger partial charge in [-0.15, -0.1) is 0 Å². The summed E-state index contributed by atoms with van der Waals surface area (Å²) in [6.45, 7) is 2.30. The molecular weight excluding hydrogens is 354 g/mol. The summed E-state index contributed by atoms with van der Waals surface area (Å²) in [5.41, 5.74) is 2.48. The average molecular weight is 379 g/mol.